The average molecular weight is 241 g/mol. The Morgan fingerprint density at radius 2 is 1.94 bits per heavy atom. The minimum absolute atomic E-state index is 0.0324. The lowest BCUT2D eigenvalue weighted by molar-refractivity contribution is -0.162. The zero-order valence-electron chi connectivity index (χ0n) is 10.8. The normalized spacial score (nSPS) is 38.7. The first-order valence-corrected chi connectivity index (χ1v) is 6.74. The zero-order chi connectivity index (χ0) is 12.3. The predicted octanol–water partition coefficient (Wildman–Crippen LogP) is 1.63. The van der Waals surface area contributed by atoms with E-state index in [1.807, 2.05) is 13.8 Å². The van der Waals surface area contributed by atoms with Gasteiger partial charge in [0.1, 0.15) is 12.1 Å². The number of hydrogen-bond acceptors (Lipinski definition) is 4. The van der Waals surface area contributed by atoms with Crippen molar-refractivity contribution in [3.63, 3.8) is 0 Å². The maximum absolute atomic E-state index is 12.0. The summed E-state index contributed by atoms with van der Waals surface area (Å²) in [5.41, 5.74) is 0. The van der Waals surface area contributed by atoms with E-state index in [-0.39, 0.29) is 30.3 Å². The summed E-state index contributed by atoms with van der Waals surface area (Å²) in [6.07, 6.45) is 5.25. The maximum Gasteiger partial charge on any atom is 0.323 e. The van der Waals surface area contributed by atoms with Gasteiger partial charge in [-0.1, -0.05) is 6.42 Å². The molecule has 2 aliphatic rings. The summed E-state index contributed by atoms with van der Waals surface area (Å²) in [7, 11) is 0. The summed E-state index contributed by atoms with van der Waals surface area (Å²) in [5, 5.41) is 3.23. The molecular formula is C13H23NO3. The maximum atomic E-state index is 12.0. The van der Waals surface area contributed by atoms with Gasteiger partial charge in [0.25, 0.3) is 0 Å². The number of carbonyl (C=O) groups excluding carboxylic acids is 1. The number of carbonyl (C=O) groups is 1. The molecule has 0 aromatic carbocycles. The second-order valence-corrected chi connectivity index (χ2v) is 5.29. The van der Waals surface area contributed by atoms with Crippen molar-refractivity contribution in [2.45, 2.75) is 70.3 Å². The lowest BCUT2D eigenvalue weighted by Crippen LogP contribution is -2.44. The summed E-state index contributed by atoms with van der Waals surface area (Å²) < 4.78 is 11.2. The zero-order valence-corrected chi connectivity index (χ0v) is 10.8. The monoisotopic (exact) mass is 241 g/mol. The fraction of sp³-hybridized carbons (Fsp3) is 0.923. The van der Waals surface area contributed by atoms with E-state index < -0.39 is 0 Å². The van der Waals surface area contributed by atoms with Gasteiger partial charge in [0.2, 0.25) is 0 Å². The molecule has 0 amide bonds. The van der Waals surface area contributed by atoms with Crippen LogP contribution in [0.3, 0.4) is 0 Å². The quantitative estimate of drug-likeness (QED) is 0.746. The van der Waals surface area contributed by atoms with E-state index in [1.165, 1.54) is 0 Å². The number of nitrogens with one attached hydrogen (secondary N) is 1. The standard InChI is InChI=1S/C13H23NO3/c1-9-7-11(8-10(2)16-9)17-13(15)12-5-3-4-6-14-12/h9-12,14H,3-8H2,1-2H3. The molecule has 0 spiro atoms. The smallest absolute Gasteiger partial charge is 0.323 e. The van der Waals surface area contributed by atoms with Crippen molar-refractivity contribution < 1.29 is 14.3 Å². The molecule has 2 saturated heterocycles. The molecule has 0 radical (unpaired) electrons. The van der Waals surface area contributed by atoms with Crippen LogP contribution >= 0.6 is 0 Å². The molecule has 17 heavy (non-hydrogen) atoms. The summed E-state index contributed by atoms with van der Waals surface area (Å²) in [4.78, 5) is 12.0. The van der Waals surface area contributed by atoms with E-state index in [0.717, 1.165) is 38.6 Å². The summed E-state index contributed by atoms with van der Waals surface area (Å²) in [6, 6.07) is -0.0859. The molecule has 3 atom stereocenters. The minimum atomic E-state index is -0.0859. The van der Waals surface area contributed by atoms with Crippen LogP contribution in [0.15, 0.2) is 0 Å². The van der Waals surface area contributed by atoms with Crippen LogP contribution in [0.1, 0.15) is 46.0 Å². The molecule has 3 unspecified atom stereocenters. The Labute approximate surface area is 103 Å². The van der Waals surface area contributed by atoms with Crippen molar-refractivity contribution in [1.29, 1.82) is 0 Å². The van der Waals surface area contributed by atoms with Crippen LogP contribution < -0.4 is 5.32 Å². The van der Waals surface area contributed by atoms with Crippen LogP contribution in [-0.2, 0) is 14.3 Å². The van der Waals surface area contributed by atoms with Gasteiger partial charge in [-0.05, 0) is 33.2 Å². The van der Waals surface area contributed by atoms with E-state index >= 15 is 0 Å². The van der Waals surface area contributed by atoms with Crippen LogP contribution in [0.5, 0.6) is 0 Å². The second kappa shape index (κ2) is 5.83. The van der Waals surface area contributed by atoms with Gasteiger partial charge in [-0.3, -0.25) is 4.79 Å². The molecule has 0 aliphatic carbocycles. The third-order valence-electron chi connectivity index (χ3n) is 3.53. The van der Waals surface area contributed by atoms with Gasteiger partial charge in [0.15, 0.2) is 0 Å². The van der Waals surface area contributed by atoms with Crippen LogP contribution in [-0.4, -0.2) is 36.9 Å². The van der Waals surface area contributed by atoms with Crippen molar-refractivity contribution in [3.05, 3.63) is 0 Å². The summed E-state index contributed by atoms with van der Waals surface area (Å²) in [5.74, 6) is -0.0731. The Morgan fingerprint density at radius 3 is 2.53 bits per heavy atom. The molecule has 4 nitrogen and oxygen atoms in total. The topological polar surface area (TPSA) is 47.6 Å². The highest BCUT2D eigenvalue weighted by atomic mass is 16.6. The number of esters is 1. The van der Waals surface area contributed by atoms with Crippen LogP contribution in [0.2, 0.25) is 0 Å². The highest BCUT2D eigenvalue weighted by molar-refractivity contribution is 5.76. The minimum Gasteiger partial charge on any atom is -0.461 e. The number of piperidine rings is 1. The summed E-state index contributed by atoms with van der Waals surface area (Å²) >= 11 is 0. The molecule has 2 rings (SSSR count). The molecular weight excluding hydrogens is 218 g/mol. The molecule has 0 aromatic rings. The van der Waals surface area contributed by atoms with E-state index in [4.69, 9.17) is 9.47 Å². The van der Waals surface area contributed by atoms with E-state index in [1.54, 1.807) is 0 Å². The van der Waals surface area contributed by atoms with Gasteiger partial charge >= 0.3 is 5.97 Å². The largest absolute Gasteiger partial charge is 0.461 e. The average Bonchev–Trinajstić information content (AvgIpc) is 2.28. The van der Waals surface area contributed by atoms with Gasteiger partial charge in [0, 0.05) is 12.8 Å². The molecule has 1 N–H and O–H groups in total. The highest BCUT2D eigenvalue weighted by Crippen LogP contribution is 2.22. The molecule has 0 aromatic heterocycles. The lowest BCUT2D eigenvalue weighted by atomic mass is 10.0. The Balaban J connectivity index is 1.80. The molecule has 0 saturated carbocycles. The van der Waals surface area contributed by atoms with Crippen LogP contribution in [0, 0.1) is 0 Å². The van der Waals surface area contributed by atoms with E-state index in [0.29, 0.717) is 0 Å². The van der Waals surface area contributed by atoms with Gasteiger partial charge in [-0.25, -0.2) is 0 Å². The first kappa shape index (κ1) is 12.8. The van der Waals surface area contributed by atoms with Gasteiger partial charge in [0.05, 0.1) is 12.2 Å². The Bertz CT molecular complexity index is 253. The molecule has 98 valence electrons. The predicted molar refractivity (Wildman–Crippen MR) is 64.8 cm³/mol. The van der Waals surface area contributed by atoms with Gasteiger partial charge in [-0.2, -0.15) is 0 Å². The molecule has 0 bridgehead atoms. The molecule has 2 aliphatic heterocycles. The number of ether oxygens (including phenoxy) is 2. The lowest BCUT2D eigenvalue weighted by Gasteiger charge is -2.33. The fourth-order valence-electron chi connectivity index (χ4n) is 2.74. The second-order valence-electron chi connectivity index (χ2n) is 5.29. The van der Waals surface area contributed by atoms with Gasteiger partial charge in [-0.15, -0.1) is 0 Å². The summed E-state index contributed by atoms with van der Waals surface area (Å²) in [6.45, 7) is 5.01. The van der Waals surface area contributed by atoms with Crippen LogP contribution in [0.4, 0.5) is 0 Å². The van der Waals surface area contributed by atoms with Crippen molar-refractivity contribution in [1.82, 2.24) is 5.32 Å². The van der Waals surface area contributed by atoms with Crippen molar-refractivity contribution in [3.8, 4) is 0 Å². The molecule has 2 heterocycles. The van der Waals surface area contributed by atoms with Crippen LogP contribution in [0.25, 0.3) is 0 Å². The third kappa shape index (κ3) is 3.68. The SMILES string of the molecule is CC1CC(OC(=O)C2CCCCN2)CC(C)O1. The Kier molecular flexibility index (Phi) is 4.40. The first-order chi connectivity index (χ1) is 8.15. The highest BCUT2D eigenvalue weighted by Gasteiger charge is 2.30. The van der Waals surface area contributed by atoms with E-state index in [2.05, 4.69) is 5.32 Å². The Morgan fingerprint density at radius 1 is 1.24 bits per heavy atom. The van der Waals surface area contributed by atoms with E-state index in [9.17, 15) is 4.79 Å². The van der Waals surface area contributed by atoms with Crippen molar-refractivity contribution >= 4 is 5.97 Å². The molecule has 4 heteroatoms. The molecule has 2 fully saturated rings. The fourth-order valence-corrected chi connectivity index (χ4v) is 2.74. The van der Waals surface area contributed by atoms with Crippen molar-refractivity contribution in [2.75, 3.05) is 6.54 Å². The Hall–Kier alpha value is -0.610. The third-order valence-corrected chi connectivity index (χ3v) is 3.53. The van der Waals surface area contributed by atoms with Gasteiger partial charge < -0.3 is 14.8 Å². The first-order valence-electron chi connectivity index (χ1n) is 6.74. The number of hydrogen-bond donors (Lipinski definition) is 1. The number of rotatable bonds is 2. The van der Waals surface area contributed by atoms with Crippen molar-refractivity contribution in [2.24, 2.45) is 0 Å².